The summed E-state index contributed by atoms with van der Waals surface area (Å²) in [5, 5.41) is 3.43. The van der Waals surface area contributed by atoms with Crippen LogP contribution in [0, 0.1) is 0 Å². The smallest absolute Gasteiger partial charge is 0.0210 e. The molecule has 1 aliphatic heterocycles. The average Bonchev–Trinajstić information content (AvgIpc) is 2.15. The maximum atomic E-state index is 3.84. The largest absolute Gasteiger partial charge is 0.310 e. The summed E-state index contributed by atoms with van der Waals surface area (Å²) in [6.45, 7) is 9.19. The van der Waals surface area contributed by atoms with Crippen LogP contribution in [0.2, 0.25) is 0 Å². The number of nitrogens with one attached hydrogen (secondary N) is 1. The number of rotatable bonds is 3. The third kappa shape index (κ3) is 2.85. The third-order valence-corrected chi connectivity index (χ3v) is 2.38. The minimum absolute atomic E-state index is 0.597. The van der Waals surface area contributed by atoms with E-state index < -0.39 is 0 Å². The lowest BCUT2D eigenvalue weighted by atomic mass is 9.96. The molecule has 1 aliphatic rings. The minimum atomic E-state index is 0.597. The van der Waals surface area contributed by atoms with Crippen LogP contribution in [0.15, 0.2) is 36.0 Å². The highest BCUT2D eigenvalue weighted by atomic mass is 14.9. The van der Waals surface area contributed by atoms with Crippen molar-refractivity contribution in [3.8, 4) is 0 Å². The fraction of sp³-hybridized carbons (Fsp3) is 0.500. The van der Waals surface area contributed by atoms with Gasteiger partial charge < -0.3 is 5.32 Å². The van der Waals surface area contributed by atoms with Gasteiger partial charge in [-0.3, -0.25) is 0 Å². The van der Waals surface area contributed by atoms with Crippen molar-refractivity contribution in [2.45, 2.75) is 32.7 Å². The maximum Gasteiger partial charge on any atom is 0.0210 e. The summed E-state index contributed by atoms with van der Waals surface area (Å²) in [6.07, 6.45) is 8.66. The number of allylic oxidation sites excluding steroid dienone is 2. The van der Waals surface area contributed by atoms with Crippen LogP contribution in [0.1, 0.15) is 26.7 Å². The lowest BCUT2D eigenvalue weighted by Gasteiger charge is -2.23. The van der Waals surface area contributed by atoms with Crippen LogP contribution in [0.4, 0.5) is 0 Å². The van der Waals surface area contributed by atoms with E-state index in [4.69, 9.17) is 0 Å². The standard InChI is InChI=1S/C12H19N/c1-4-6-7-12-8-10(3)13-9-11(12)5-2/h5-7,10,13H,2,4,8-9H2,1,3H3/b7-6-. The Labute approximate surface area is 81.2 Å². The summed E-state index contributed by atoms with van der Waals surface area (Å²) in [6, 6.07) is 0.597. The average molecular weight is 177 g/mol. The summed E-state index contributed by atoms with van der Waals surface area (Å²) in [5.41, 5.74) is 2.80. The Hall–Kier alpha value is -0.820. The normalized spacial score (nSPS) is 24.0. The molecule has 1 atom stereocenters. The Morgan fingerprint density at radius 1 is 1.54 bits per heavy atom. The first-order valence-corrected chi connectivity index (χ1v) is 5.02. The molecule has 0 aromatic rings. The number of hydrogen-bond donors (Lipinski definition) is 1. The van der Waals surface area contributed by atoms with E-state index in [2.05, 4.69) is 37.9 Å². The predicted octanol–water partition coefficient (Wildman–Crippen LogP) is 2.82. The molecule has 0 fully saturated rings. The maximum absolute atomic E-state index is 3.84. The molecule has 1 heteroatoms. The Balaban J connectivity index is 2.77. The van der Waals surface area contributed by atoms with Crippen LogP contribution in [-0.2, 0) is 0 Å². The van der Waals surface area contributed by atoms with Gasteiger partial charge in [0.2, 0.25) is 0 Å². The monoisotopic (exact) mass is 177 g/mol. The molecule has 0 saturated carbocycles. The van der Waals surface area contributed by atoms with E-state index in [1.807, 2.05) is 6.08 Å². The highest BCUT2D eigenvalue weighted by Crippen LogP contribution is 2.18. The first-order valence-electron chi connectivity index (χ1n) is 5.02. The lowest BCUT2D eigenvalue weighted by molar-refractivity contribution is 0.549. The molecule has 1 heterocycles. The highest BCUT2D eigenvalue weighted by molar-refractivity contribution is 5.35. The van der Waals surface area contributed by atoms with E-state index >= 15 is 0 Å². The van der Waals surface area contributed by atoms with Crippen molar-refractivity contribution in [2.75, 3.05) is 6.54 Å². The first-order chi connectivity index (χ1) is 6.27. The van der Waals surface area contributed by atoms with Gasteiger partial charge in [-0.2, -0.15) is 0 Å². The summed E-state index contributed by atoms with van der Waals surface area (Å²) < 4.78 is 0. The molecule has 0 radical (unpaired) electrons. The van der Waals surface area contributed by atoms with Crippen molar-refractivity contribution in [3.05, 3.63) is 36.0 Å². The minimum Gasteiger partial charge on any atom is -0.310 e. The van der Waals surface area contributed by atoms with Gasteiger partial charge >= 0.3 is 0 Å². The van der Waals surface area contributed by atoms with Gasteiger partial charge in [-0.15, -0.1) is 0 Å². The molecule has 13 heavy (non-hydrogen) atoms. The topological polar surface area (TPSA) is 12.0 Å². The van der Waals surface area contributed by atoms with Gasteiger partial charge in [0.15, 0.2) is 0 Å². The van der Waals surface area contributed by atoms with Gasteiger partial charge in [-0.05, 0) is 30.9 Å². The molecular weight excluding hydrogens is 158 g/mol. The van der Waals surface area contributed by atoms with Crippen molar-refractivity contribution in [3.63, 3.8) is 0 Å². The van der Waals surface area contributed by atoms with Crippen molar-refractivity contribution in [1.29, 1.82) is 0 Å². The molecule has 1 nitrogen and oxygen atoms in total. The van der Waals surface area contributed by atoms with Crippen LogP contribution in [0.25, 0.3) is 0 Å². The Morgan fingerprint density at radius 2 is 2.31 bits per heavy atom. The summed E-state index contributed by atoms with van der Waals surface area (Å²) in [5.74, 6) is 0. The molecule has 1 N–H and O–H groups in total. The van der Waals surface area contributed by atoms with Crippen LogP contribution in [0.3, 0.4) is 0 Å². The SMILES string of the molecule is C=CC1=C(/C=C\CC)CC(C)NC1. The van der Waals surface area contributed by atoms with Crippen molar-refractivity contribution in [2.24, 2.45) is 0 Å². The number of hydrogen-bond acceptors (Lipinski definition) is 1. The van der Waals surface area contributed by atoms with E-state index in [1.54, 1.807) is 0 Å². The molecule has 0 amide bonds. The quantitative estimate of drug-likeness (QED) is 0.699. The summed E-state index contributed by atoms with van der Waals surface area (Å²) in [7, 11) is 0. The second-order valence-electron chi connectivity index (χ2n) is 3.55. The van der Waals surface area contributed by atoms with Crippen LogP contribution in [-0.4, -0.2) is 12.6 Å². The zero-order chi connectivity index (χ0) is 9.68. The van der Waals surface area contributed by atoms with Gasteiger partial charge in [-0.25, -0.2) is 0 Å². The van der Waals surface area contributed by atoms with Crippen LogP contribution >= 0.6 is 0 Å². The molecule has 0 bridgehead atoms. The second-order valence-corrected chi connectivity index (χ2v) is 3.55. The summed E-state index contributed by atoms with van der Waals surface area (Å²) in [4.78, 5) is 0. The molecule has 1 unspecified atom stereocenters. The van der Waals surface area contributed by atoms with Gasteiger partial charge in [0.1, 0.15) is 0 Å². The van der Waals surface area contributed by atoms with Gasteiger partial charge in [0, 0.05) is 12.6 Å². The zero-order valence-corrected chi connectivity index (χ0v) is 8.64. The molecule has 1 rings (SSSR count). The van der Waals surface area contributed by atoms with Gasteiger partial charge in [0.25, 0.3) is 0 Å². The molecule has 0 aromatic carbocycles. The fourth-order valence-corrected chi connectivity index (χ4v) is 1.57. The highest BCUT2D eigenvalue weighted by Gasteiger charge is 2.12. The van der Waals surface area contributed by atoms with Crippen molar-refractivity contribution in [1.82, 2.24) is 5.32 Å². The molecule has 0 aromatic heterocycles. The van der Waals surface area contributed by atoms with E-state index in [0.717, 1.165) is 19.4 Å². The third-order valence-electron chi connectivity index (χ3n) is 2.38. The van der Waals surface area contributed by atoms with Crippen LogP contribution in [0.5, 0.6) is 0 Å². The van der Waals surface area contributed by atoms with E-state index in [1.165, 1.54) is 11.1 Å². The van der Waals surface area contributed by atoms with E-state index in [0.29, 0.717) is 6.04 Å². The Bertz CT molecular complexity index is 236. The Morgan fingerprint density at radius 3 is 2.92 bits per heavy atom. The molecule has 72 valence electrons. The second kappa shape index (κ2) is 5.03. The van der Waals surface area contributed by atoms with Gasteiger partial charge in [-0.1, -0.05) is 31.7 Å². The predicted molar refractivity (Wildman–Crippen MR) is 58.7 cm³/mol. The molecule has 0 spiro atoms. The molecule has 0 saturated heterocycles. The van der Waals surface area contributed by atoms with Gasteiger partial charge in [0.05, 0.1) is 0 Å². The zero-order valence-electron chi connectivity index (χ0n) is 8.64. The molecular formula is C12H19N. The molecule has 0 aliphatic carbocycles. The van der Waals surface area contributed by atoms with E-state index in [9.17, 15) is 0 Å². The lowest BCUT2D eigenvalue weighted by Crippen LogP contribution is -2.32. The Kier molecular flexibility index (Phi) is 3.97. The first kappa shape index (κ1) is 10.3. The fourth-order valence-electron chi connectivity index (χ4n) is 1.57. The van der Waals surface area contributed by atoms with Crippen LogP contribution < -0.4 is 5.32 Å². The summed E-state index contributed by atoms with van der Waals surface area (Å²) >= 11 is 0. The van der Waals surface area contributed by atoms with Crippen molar-refractivity contribution >= 4 is 0 Å². The van der Waals surface area contributed by atoms with Crippen molar-refractivity contribution < 1.29 is 0 Å². The van der Waals surface area contributed by atoms with E-state index in [-0.39, 0.29) is 0 Å².